The molecule has 2 atom stereocenters. The van der Waals surface area contributed by atoms with Crippen LogP contribution in [0.1, 0.15) is 37.7 Å². The van der Waals surface area contributed by atoms with Crippen LogP contribution < -0.4 is 5.32 Å². The number of rotatable bonds is 4. The Morgan fingerprint density at radius 3 is 2.54 bits per heavy atom. The molecule has 3 aliphatic rings. The third-order valence-electron chi connectivity index (χ3n) is 6.55. The molecule has 6 heteroatoms. The molecule has 3 amide bonds. The minimum absolute atomic E-state index is 0.0207. The lowest BCUT2D eigenvalue weighted by atomic mass is 9.88. The molecule has 1 aromatic rings. The Bertz CT molecular complexity index is 728. The van der Waals surface area contributed by atoms with Crippen molar-refractivity contribution in [1.29, 1.82) is 0 Å². The summed E-state index contributed by atoms with van der Waals surface area (Å²) < 4.78 is 0. The highest BCUT2D eigenvalue weighted by atomic mass is 16.2. The molecule has 0 aliphatic carbocycles. The molecule has 3 saturated heterocycles. The van der Waals surface area contributed by atoms with Gasteiger partial charge in [-0.1, -0.05) is 30.3 Å². The molecule has 6 nitrogen and oxygen atoms in total. The monoisotopic (exact) mass is 383 g/mol. The Kier molecular flexibility index (Phi) is 5.64. The van der Waals surface area contributed by atoms with Gasteiger partial charge in [0.05, 0.1) is 12.0 Å². The van der Waals surface area contributed by atoms with Crippen LogP contribution in [0.5, 0.6) is 0 Å². The van der Waals surface area contributed by atoms with E-state index in [2.05, 4.69) is 5.32 Å². The Hall–Kier alpha value is -2.37. The molecule has 3 heterocycles. The summed E-state index contributed by atoms with van der Waals surface area (Å²) in [6, 6.07) is 10.1. The van der Waals surface area contributed by atoms with E-state index < -0.39 is 0 Å². The molecule has 28 heavy (non-hydrogen) atoms. The number of benzene rings is 1. The minimum atomic E-state index is -0.0302. The fourth-order valence-electron chi connectivity index (χ4n) is 4.89. The zero-order valence-electron chi connectivity index (χ0n) is 16.3. The van der Waals surface area contributed by atoms with Crippen LogP contribution in [0.2, 0.25) is 0 Å². The van der Waals surface area contributed by atoms with Crippen LogP contribution >= 0.6 is 0 Å². The number of nitrogens with one attached hydrogen (secondary N) is 1. The van der Waals surface area contributed by atoms with E-state index in [1.807, 2.05) is 40.1 Å². The average Bonchev–Trinajstić information content (AvgIpc) is 3.13. The van der Waals surface area contributed by atoms with Crippen molar-refractivity contribution in [2.75, 3.05) is 26.2 Å². The molecule has 3 aliphatic heterocycles. The first-order valence-corrected chi connectivity index (χ1v) is 10.5. The van der Waals surface area contributed by atoms with Crippen LogP contribution in [-0.4, -0.2) is 59.7 Å². The van der Waals surface area contributed by atoms with Crippen LogP contribution in [0.25, 0.3) is 0 Å². The second-order valence-electron chi connectivity index (χ2n) is 8.23. The van der Waals surface area contributed by atoms with E-state index in [1.54, 1.807) is 0 Å². The molecular weight excluding hydrogens is 354 g/mol. The van der Waals surface area contributed by atoms with Crippen molar-refractivity contribution < 1.29 is 14.4 Å². The lowest BCUT2D eigenvalue weighted by Crippen LogP contribution is -2.52. The van der Waals surface area contributed by atoms with Crippen LogP contribution in [0.3, 0.4) is 0 Å². The topological polar surface area (TPSA) is 69.7 Å². The van der Waals surface area contributed by atoms with Crippen LogP contribution in [0.4, 0.5) is 0 Å². The van der Waals surface area contributed by atoms with Crippen molar-refractivity contribution in [3.8, 4) is 0 Å². The zero-order valence-corrected chi connectivity index (χ0v) is 16.3. The molecule has 4 rings (SSSR count). The van der Waals surface area contributed by atoms with Crippen molar-refractivity contribution in [3.05, 3.63) is 35.9 Å². The van der Waals surface area contributed by atoms with E-state index in [1.165, 1.54) is 5.56 Å². The van der Waals surface area contributed by atoms with Crippen molar-refractivity contribution in [2.45, 2.75) is 44.6 Å². The van der Waals surface area contributed by atoms with Crippen molar-refractivity contribution in [1.82, 2.24) is 15.1 Å². The Labute approximate surface area is 166 Å². The number of piperidine rings is 2. The van der Waals surface area contributed by atoms with Gasteiger partial charge in [0.1, 0.15) is 0 Å². The third kappa shape index (κ3) is 3.91. The first kappa shape index (κ1) is 19.0. The van der Waals surface area contributed by atoms with Gasteiger partial charge in [-0.25, -0.2) is 0 Å². The number of amides is 3. The molecular formula is C22H29N3O3. The van der Waals surface area contributed by atoms with E-state index in [0.717, 1.165) is 38.6 Å². The second-order valence-corrected chi connectivity index (χ2v) is 8.23. The smallest absolute Gasteiger partial charge is 0.226 e. The lowest BCUT2D eigenvalue weighted by Gasteiger charge is -2.40. The molecule has 0 bridgehead atoms. The SMILES string of the molecule is O=C1NC[C@@H]2[C@@H]1CCCN2C(=O)C1CCN(C(=O)CCc2ccccc2)CC1. The Morgan fingerprint density at radius 2 is 1.79 bits per heavy atom. The molecule has 0 unspecified atom stereocenters. The maximum atomic E-state index is 13.1. The third-order valence-corrected chi connectivity index (χ3v) is 6.55. The molecule has 0 radical (unpaired) electrons. The number of aryl methyl sites for hydroxylation is 1. The predicted molar refractivity (Wildman–Crippen MR) is 105 cm³/mol. The van der Waals surface area contributed by atoms with E-state index in [-0.39, 0.29) is 35.6 Å². The summed E-state index contributed by atoms with van der Waals surface area (Å²) in [5.74, 6) is 0.410. The van der Waals surface area contributed by atoms with Gasteiger partial charge in [-0.15, -0.1) is 0 Å². The molecule has 3 fully saturated rings. The summed E-state index contributed by atoms with van der Waals surface area (Å²) in [4.78, 5) is 41.4. The normalized spacial score (nSPS) is 25.4. The number of hydrogen-bond acceptors (Lipinski definition) is 3. The number of fused-ring (bicyclic) bond motifs is 1. The quantitative estimate of drug-likeness (QED) is 0.859. The lowest BCUT2D eigenvalue weighted by molar-refractivity contribution is -0.144. The van der Waals surface area contributed by atoms with Gasteiger partial charge in [0, 0.05) is 38.5 Å². The van der Waals surface area contributed by atoms with E-state index >= 15 is 0 Å². The fraction of sp³-hybridized carbons (Fsp3) is 0.591. The van der Waals surface area contributed by atoms with Gasteiger partial charge in [0.25, 0.3) is 0 Å². The summed E-state index contributed by atoms with van der Waals surface area (Å²) in [6.07, 6.45) is 4.52. The Balaban J connectivity index is 1.27. The van der Waals surface area contributed by atoms with Gasteiger partial charge in [-0.3, -0.25) is 14.4 Å². The largest absolute Gasteiger partial charge is 0.354 e. The van der Waals surface area contributed by atoms with Crippen molar-refractivity contribution in [2.24, 2.45) is 11.8 Å². The number of carbonyl (C=O) groups is 3. The van der Waals surface area contributed by atoms with Crippen LogP contribution in [-0.2, 0) is 20.8 Å². The summed E-state index contributed by atoms with van der Waals surface area (Å²) >= 11 is 0. The summed E-state index contributed by atoms with van der Waals surface area (Å²) in [5.41, 5.74) is 1.18. The predicted octanol–water partition coefficient (Wildman–Crippen LogP) is 1.59. The summed E-state index contributed by atoms with van der Waals surface area (Å²) in [5, 5.41) is 2.91. The first-order valence-electron chi connectivity index (χ1n) is 10.5. The Morgan fingerprint density at radius 1 is 1.04 bits per heavy atom. The summed E-state index contributed by atoms with van der Waals surface area (Å²) in [6.45, 7) is 2.66. The molecule has 1 N–H and O–H groups in total. The molecule has 150 valence electrons. The average molecular weight is 383 g/mol. The highest BCUT2D eigenvalue weighted by Crippen LogP contribution is 2.30. The standard InChI is InChI=1S/C22H29N3O3/c26-20(9-8-16-5-2-1-3-6-16)24-13-10-17(11-14-24)22(28)25-12-4-7-18-19(25)15-23-21(18)27/h1-3,5-6,17-19H,4,7-15H2,(H,23,27)/t18-,19+/m0/s1. The van der Waals surface area contributed by atoms with Crippen molar-refractivity contribution >= 4 is 17.7 Å². The number of hydrogen-bond donors (Lipinski definition) is 1. The summed E-state index contributed by atoms with van der Waals surface area (Å²) in [7, 11) is 0. The van der Waals surface area contributed by atoms with Gasteiger partial charge >= 0.3 is 0 Å². The van der Waals surface area contributed by atoms with Gasteiger partial charge < -0.3 is 15.1 Å². The maximum Gasteiger partial charge on any atom is 0.226 e. The highest BCUT2D eigenvalue weighted by molar-refractivity contribution is 5.85. The van der Waals surface area contributed by atoms with Gasteiger partial charge in [-0.2, -0.15) is 0 Å². The molecule has 0 saturated carbocycles. The molecule has 0 aromatic heterocycles. The van der Waals surface area contributed by atoms with Gasteiger partial charge in [0.15, 0.2) is 0 Å². The minimum Gasteiger partial charge on any atom is -0.354 e. The van der Waals surface area contributed by atoms with Crippen molar-refractivity contribution in [3.63, 3.8) is 0 Å². The van der Waals surface area contributed by atoms with E-state index in [0.29, 0.717) is 26.1 Å². The van der Waals surface area contributed by atoms with Gasteiger partial charge in [0.2, 0.25) is 17.7 Å². The zero-order chi connectivity index (χ0) is 19.5. The molecule has 0 spiro atoms. The number of likely N-dealkylation sites (tertiary alicyclic amines) is 2. The van der Waals surface area contributed by atoms with E-state index in [4.69, 9.17) is 0 Å². The number of carbonyl (C=O) groups excluding carboxylic acids is 3. The second kappa shape index (κ2) is 8.33. The highest BCUT2D eigenvalue weighted by Gasteiger charge is 2.44. The fourth-order valence-corrected chi connectivity index (χ4v) is 4.89. The van der Waals surface area contributed by atoms with Crippen LogP contribution in [0.15, 0.2) is 30.3 Å². The van der Waals surface area contributed by atoms with Crippen LogP contribution in [0, 0.1) is 11.8 Å². The van der Waals surface area contributed by atoms with Gasteiger partial charge in [-0.05, 0) is 37.7 Å². The molecule has 1 aromatic carbocycles. The van der Waals surface area contributed by atoms with E-state index in [9.17, 15) is 14.4 Å². The first-order chi connectivity index (χ1) is 13.6. The number of nitrogens with zero attached hydrogens (tertiary/aromatic N) is 2. The maximum absolute atomic E-state index is 13.1.